The van der Waals surface area contributed by atoms with Gasteiger partial charge in [-0.2, -0.15) is 0 Å². The average Bonchev–Trinajstić information content (AvgIpc) is 3.30. The fraction of sp³-hybridized carbons (Fsp3) is 0.320. The van der Waals surface area contributed by atoms with E-state index in [-0.39, 0.29) is 12.2 Å². The molecule has 0 saturated carbocycles. The van der Waals surface area contributed by atoms with E-state index in [1.807, 2.05) is 26.0 Å². The topological polar surface area (TPSA) is 65.6 Å². The number of pyridine rings is 1. The van der Waals surface area contributed by atoms with Gasteiger partial charge in [-0.15, -0.1) is 0 Å². The molecule has 0 unspecified atom stereocenters. The summed E-state index contributed by atoms with van der Waals surface area (Å²) in [7, 11) is 0. The molecule has 3 rings (SSSR count). The lowest BCUT2D eigenvalue weighted by Crippen LogP contribution is -2.19. The number of aromatic amines is 1. The van der Waals surface area contributed by atoms with Gasteiger partial charge in [-0.1, -0.05) is 43.0 Å². The first kappa shape index (κ1) is 23.2. The van der Waals surface area contributed by atoms with E-state index in [9.17, 15) is 4.79 Å². The van der Waals surface area contributed by atoms with Gasteiger partial charge in [-0.25, -0.2) is 0 Å². The number of hydrogen-bond donors (Lipinski definition) is 2. The number of anilines is 1. The van der Waals surface area contributed by atoms with E-state index >= 15 is 0 Å². The molecule has 0 bridgehead atoms. The highest BCUT2D eigenvalue weighted by molar-refractivity contribution is 5.77. The Bertz CT molecular complexity index is 902. The van der Waals surface area contributed by atoms with Gasteiger partial charge in [0, 0.05) is 25.4 Å². The molecule has 5 heteroatoms. The summed E-state index contributed by atoms with van der Waals surface area (Å²) < 4.78 is 5.78. The number of aromatic nitrogens is 1. The molecule has 1 aromatic heterocycles. The summed E-state index contributed by atoms with van der Waals surface area (Å²) in [6, 6.07) is 9.60. The van der Waals surface area contributed by atoms with Crippen LogP contribution < -0.4 is 15.2 Å². The molecule has 0 atom stereocenters. The number of hydrogen-bond acceptors (Lipinski definition) is 4. The van der Waals surface area contributed by atoms with E-state index in [1.54, 1.807) is 18.3 Å². The molecule has 2 N–H and O–H groups in total. The van der Waals surface area contributed by atoms with Crippen molar-refractivity contribution in [3.05, 3.63) is 88.9 Å². The maximum Gasteiger partial charge on any atom is 0.247 e. The summed E-state index contributed by atoms with van der Waals surface area (Å²) in [6.45, 7) is 10.1. The monoisotopic (exact) mass is 408 g/mol. The van der Waals surface area contributed by atoms with Gasteiger partial charge in [0.2, 0.25) is 5.56 Å². The number of ether oxygens (including phenoxy) is 1. The number of aliphatic hydroxyl groups excluding tert-OH is 1. The van der Waals surface area contributed by atoms with Crippen molar-refractivity contribution < 1.29 is 9.84 Å². The quantitative estimate of drug-likeness (QED) is 0.663. The number of aryl methyl sites for hydroxylation is 1. The van der Waals surface area contributed by atoms with E-state index in [4.69, 9.17) is 9.84 Å². The first-order valence-electron chi connectivity index (χ1n) is 10.3. The van der Waals surface area contributed by atoms with Crippen molar-refractivity contribution in [1.82, 2.24) is 4.98 Å². The van der Waals surface area contributed by atoms with Crippen LogP contribution in [0.1, 0.15) is 30.9 Å². The third-order valence-corrected chi connectivity index (χ3v) is 4.75. The molecule has 2 heterocycles. The Morgan fingerprint density at radius 3 is 2.60 bits per heavy atom. The molecule has 1 aliphatic rings. The Morgan fingerprint density at radius 2 is 2.03 bits per heavy atom. The number of H-pyrrole nitrogens is 1. The zero-order valence-corrected chi connectivity index (χ0v) is 17.9. The third kappa shape index (κ3) is 7.08. The van der Waals surface area contributed by atoms with Crippen LogP contribution >= 0.6 is 0 Å². The lowest BCUT2D eigenvalue weighted by Gasteiger charge is -2.22. The Balaban J connectivity index is 0.000000335. The molecule has 2 aromatic rings. The lowest BCUT2D eigenvalue weighted by atomic mass is 10.0. The van der Waals surface area contributed by atoms with E-state index in [0.29, 0.717) is 6.61 Å². The average molecular weight is 409 g/mol. The van der Waals surface area contributed by atoms with Gasteiger partial charge in [0.05, 0.1) is 12.3 Å². The van der Waals surface area contributed by atoms with Crippen LogP contribution in [0.3, 0.4) is 0 Å². The van der Waals surface area contributed by atoms with Crippen LogP contribution in [0.25, 0.3) is 5.57 Å². The molecule has 1 aromatic carbocycles. The zero-order valence-electron chi connectivity index (χ0n) is 17.9. The minimum Gasteiger partial charge on any atom is -0.489 e. The normalized spacial score (nSPS) is 13.8. The van der Waals surface area contributed by atoms with Gasteiger partial charge in [0.25, 0.3) is 0 Å². The summed E-state index contributed by atoms with van der Waals surface area (Å²) in [6.07, 6.45) is 11.9. The highest BCUT2D eigenvalue weighted by Gasteiger charge is 2.17. The molecule has 30 heavy (non-hydrogen) atoms. The highest BCUT2D eigenvalue weighted by Crippen LogP contribution is 2.34. The lowest BCUT2D eigenvalue weighted by molar-refractivity contribution is 0.201. The molecule has 0 amide bonds. The van der Waals surface area contributed by atoms with Crippen LogP contribution in [0.2, 0.25) is 0 Å². The first-order valence-corrected chi connectivity index (χ1v) is 10.3. The van der Waals surface area contributed by atoms with Gasteiger partial charge < -0.3 is 19.7 Å². The summed E-state index contributed by atoms with van der Waals surface area (Å²) in [5, 5.41) is 9.05. The molecule has 1 aliphatic heterocycles. The highest BCUT2D eigenvalue weighted by atomic mass is 16.5. The summed E-state index contributed by atoms with van der Waals surface area (Å²) in [4.78, 5) is 15.3. The summed E-state index contributed by atoms with van der Waals surface area (Å²) >= 11 is 0. The van der Waals surface area contributed by atoms with Crippen molar-refractivity contribution in [2.24, 2.45) is 0 Å². The second-order valence-electron chi connectivity index (χ2n) is 7.02. The summed E-state index contributed by atoms with van der Waals surface area (Å²) in [5.41, 5.74) is 4.39. The third-order valence-electron chi connectivity index (χ3n) is 4.75. The second kappa shape index (κ2) is 12.5. The number of nitrogens with one attached hydrogen (secondary N) is 1. The molecular weight excluding hydrogens is 376 g/mol. The van der Waals surface area contributed by atoms with Gasteiger partial charge in [0.15, 0.2) is 0 Å². The van der Waals surface area contributed by atoms with E-state index in [2.05, 4.69) is 40.7 Å². The molecule has 1 fully saturated rings. The van der Waals surface area contributed by atoms with Crippen LogP contribution in [-0.4, -0.2) is 36.4 Å². The van der Waals surface area contributed by atoms with Crippen LogP contribution in [0.4, 0.5) is 5.69 Å². The van der Waals surface area contributed by atoms with E-state index in [1.165, 1.54) is 18.9 Å². The summed E-state index contributed by atoms with van der Waals surface area (Å²) in [5.74, 6) is 0.847. The van der Waals surface area contributed by atoms with Crippen molar-refractivity contribution in [2.75, 3.05) is 31.2 Å². The Morgan fingerprint density at radius 1 is 1.27 bits per heavy atom. The first-order chi connectivity index (χ1) is 14.6. The molecule has 160 valence electrons. The van der Waals surface area contributed by atoms with Crippen LogP contribution in [0, 0.1) is 6.92 Å². The molecule has 1 saturated heterocycles. The van der Waals surface area contributed by atoms with Crippen molar-refractivity contribution in [2.45, 2.75) is 26.7 Å². The number of aliphatic hydroxyl groups is 1. The molecule has 0 radical (unpaired) electrons. The van der Waals surface area contributed by atoms with Crippen molar-refractivity contribution in [1.29, 1.82) is 0 Å². The van der Waals surface area contributed by atoms with Crippen molar-refractivity contribution in [3.8, 4) is 5.75 Å². The van der Waals surface area contributed by atoms with E-state index < -0.39 is 0 Å². The largest absolute Gasteiger partial charge is 0.489 e. The maximum absolute atomic E-state index is 10.4. The maximum atomic E-state index is 10.4. The smallest absolute Gasteiger partial charge is 0.247 e. The second-order valence-corrected chi connectivity index (χ2v) is 7.02. The molecule has 0 spiro atoms. The SMILES string of the molecule is C=C/C=C\C(=C/C)c1ccc(N2CCCC2)c(OCCO)c1.Cc1ccc(=O)[nH]c1. The van der Waals surface area contributed by atoms with Gasteiger partial charge in [-0.3, -0.25) is 4.79 Å². The van der Waals surface area contributed by atoms with Crippen LogP contribution in [0.5, 0.6) is 5.75 Å². The van der Waals surface area contributed by atoms with Crippen molar-refractivity contribution >= 4 is 11.3 Å². The van der Waals surface area contributed by atoms with E-state index in [0.717, 1.165) is 41.2 Å². The number of allylic oxidation sites excluding steroid dienone is 5. The predicted octanol–water partition coefficient (Wildman–Crippen LogP) is 4.49. The zero-order chi connectivity index (χ0) is 21.8. The molecule has 0 aliphatic carbocycles. The van der Waals surface area contributed by atoms with Crippen LogP contribution in [-0.2, 0) is 0 Å². The predicted molar refractivity (Wildman–Crippen MR) is 125 cm³/mol. The van der Waals surface area contributed by atoms with Gasteiger partial charge >= 0.3 is 0 Å². The fourth-order valence-corrected chi connectivity index (χ4v) is 3.20. The van der Waals surface area contributed by atoms with Gasteiger partial charge in [-0.05, 0) is 55.5 Å². The minimum absolute atomic E-state index is 0.0243. The minimum atomic E-state index is -0.0457. The van der Waals surface area contributed by atoms with Crippen LogP contribution in [0.15, 0.2) is 72.2 Å². The van der Waals surface area contributed by atoms with Crippen molar-refractivity contribution in [3.63, 3.8) is 0 Å². The number of benzene rings is 1. The number of rotatable bonds is 7. The fourth-order valence-electron chi connectivity index (χ4n) is 3.20. The van der Waals surface area contributed by atoms with Gasteiger partial charge in [0.1, 0.15) is 12.4 Å². The Kier molecular flexibility index (Phi) is 9.68. The molecule has 5 nitrogen and oxygen atoms in total. The molecular formula is C25H32N2O3. The Labute approximate surface area is 179 Å². The standard InChI is InChI=1S/C19H25NO2.C6H7NO/c1-3-5-8-16(4-2)17-9-10-18(20-11-6-7-12-20)19(15-17)22-14-13-21;1-5-2-3-6(8)7-4-5/h3-5,8-10,15,21H,1,6-7,11-14H2,2H3;2-4H,1H3,(H,7,8)/b8-5-,16-4+;. The number of nitrogens with zero attached hydrogens (tertiary/aromatic N) is 1. The Hall–Kier alpha value is -3.05.